The number of aromatic nitrogens is 1. The molecule has 1 aliphatic rings. The molecule has 2 heterocycles. The van der Waals surface area contributed by atoms with Gasteiger partial charge < -0.3 is 0 Å². The molecule has 1 aromatic heterocycles. The van der Waals surface area contributed by atoms with E-state index >= 15 is 0 Å². The molecule has 0 unspecified atom stereocenters. The van der Waals surface area contributed by atoms with Gasteiger partial charge in [0, 0.05) is 25.5 Å². The molecule has 2 rings (SSSR count). The largest absolute Gasteiger partial charge is 0.264 e. The zero-order valence-corrected chi connectivity index (χ0v) is 11.6. The molecule has 18 heavy (non-hydrogen) atoms. The molecule has 1 atom stereocenters. The summed E-state index contributed by atoms with van der Waals surface area (Å²) in [5, 5.41) is 0. The first-order chi connectivity index (χ1) is 8.62. The fraction of sp³-hybridized carbons (Fsp3) is 0.615. The van der Waals surface area contributed by atoms with E-state index in [4.69, 9.17) is 0 Å². The molecule has 5 heteroatoms. The summed E-state index contributed by atoms with van der Waals surface area (Å²) in [6, 6.07) is 3.99. The predicted molar refractivity (Wildman–Crippen MR) is 71.7 cm³/mol. The molecule has 100 valence electrons. The van der Waals surface area contributed by atoms with Crippen molar-refractivity contribution in [2.45, 2.75) is 26.2 Å². The summed E-state index contributed by atoms with van der Waals surface area (Å²) in [6.07, 6.45) is 6.61. The molecule has 1 aromatic rings. The fourth-order valence-electron chi connectivity index (χ4n) is 2.48. The molecule has 0 radical (unpaired) electrons. The van der Waals surface area contributed by atoms with E-state index in [0.29, 0.717) is 19.0 Å². The second-order valence-corrected chi connectivity index (χ2v) is 7.09. The lowest BCUT2D eigenvalue weighted by Crippen LogP contribution is -2.41. The van der Waals surface area contributed by atoms with E-state index in [1.165, 1.54) is 5.56 Å². The van der Waals surface area contributed by atoms with Gasteiger partial charge in [0.1, 0.15) is 0 Å². The Hall–Kier alpha value is -0.940. The summed E-state index contributed by atoms with van der Waals surface area (Å²) in [5.74, 6) is 0.622. The third-order valence-corrected chi connectivity index (χ3v) is 5.34. The van der Waals surface area contributed by atoms with Crippen LogP contribution in [-0.4, -0.2) is 36.5 Å². The average molecular weight is 268 g/mol. The van der Waals surface area contributed by atoms with Crippen molar-refractivity contribution < 1.29 is 8.42 Å². The Balaban J connectivity index is 1.99. The first-order valence-electron chi connectivity index (χ1n) is 6.48. The number of pyridine rings is 1. The molecule has 0 aliphatic carbocycles. The van der Waals surface area contributed by atoms with Crippen molar-refractivity contribution in [3.63, 3.8) is 0 Å². The third-order valence-electron chi connectivity index (χ3n) is 3.49. The Bertz CT molecular complexity index is 473. The van der Waals surface area contributed by atoms with E-state index < -0.39 is 10.0 Å². The van der Waals surface area contributed by atoms with E-state index in [0.717, 1.165) is 19.3 Å². The zero-order valence-electron chi connectivity index (χ0n) is 10.7. The summed E-state index contributed by atoms with van der Waals surface area (Å²) in [6.45, 7) is 3.05. The number of sulfonamides is 1. The first-order valence-corrected chi connectivity index (χ1v) is 8.09. The minimum absolute atomic E-state index is 0.201. The minimum atomic E-state index is -3.03. The molecule has 0 saturated carbocycles. The number of piperidine rings is 1. The van der Waals surface area contributed by atoms with Crippen molar-refractivity contribution in [2.75, 3.05) is 18.8 Å². The lowest BCUT2D eigenvalue weighted by atomic mass is 9.93. The highest BCUT2D eigenvalue weighted by Gasteiger charge is 2.27. The maximum atomic E-state index is 11.9. The van der Waals surface area contributed by atoms with Crippen LogP contribution in [0.1, 0.15) is 25.3 Å². The van der Waals surface area contributed by atoms with E-state index in [2.05, 4.69) is 11.1 Å². The van der Waals surface area contributed by atoms with Crippen LogP contribution in [0.25, 0.3) is 0 Å². The van der Waals surface area contributed by atoms with Crippen LogP contribution in [0, 0.1) is 5.92 Å². The van der Waals surface area contributed by atoms with Gasteiger partial charge in [-0.15, -0.1) is 0 Å². The van der Waals surface area contributed by atoms with Gasteiger partial charge in [0.2, 0.25) is 10.0 Å². The Labute approximate surface area is 109 Å². The van der Waals surface area contributed by atoms with Gasteiger partial charge in [0.25, 0.3) is 0 Å². The number of hydrogen-bond acceptors (Lipinski definition) is 3. The van der Waals surface area contributed by atoms with Gasteiger partial charge in [0.15, 0.2) is 0 Å². The Morgan fingerprint density at radius 2 is 2.33 bits per heavy atom. The molecule has 0 aromatic carbocycles. The van der Waals surface area contributed by atoms with Gasteiger partial charge in [0.05, 0.1) is 5.75 Å². The number of rotatable bonds is 4. The van der Waals surface area contributed by atoms with Crippen molar-refractivity contribution in [1.82, 2.24) is 9.29 Å². The fourth-order valence-corrected chi connectivity index (χ4v) is 3.69. The van der Waals surface area contributed by atoms with E-state index in [1.54, 1.807) is 17.4 Å². The maximum absolute atomic E-state index is 11.9. The zero-order chi connectivity index (χ0) is 13.0. The van der Waals surface area contributed by atoms with Gasteiger partial charge >= 0.3 is 0 Å². The van der Waals surface area contributed by atoms with Crippen LogP contribution in [0.15, 0.2) is 24.5 Å². The highest BCUT2D eigenvalue weighted by atomic mass is 32.2. The van der Waals surface area contributed by atoms with E-state index in [-0.39, 0.29) is 5.75 Å². The van der Waals surface area contributed by atoms with Crippen molar-refractivity contribution in [1.29, 1.82) is 0 Å². The summed E-state index contributed by atoms with van der Waals surface area (Å²) < 4.78 is 25.4. The quantitative estimate of drug-likeness (QED) is 0.835. The molecule has 1 aliphatic heterocycles. The first kappa shape index (κ1) is 13.5. The molecule has 1 fully saturated rings. The molecule has 0 N–H and O–H groups in total. The molecule has 0 spiro atoms. The van der Waals surface area contributed by atoms with Crippen LogP contribution >= 0.6 is 0 Å². The normalized spacial score (nSPS) is 21.9. The topological polar surface area (TPSA) is 50.3 Å². The summed E-state index contributed by atoms with van der Waals surface area (Å²) in [5.41, 5.74) is 1.19. The van der Waals surface area contributed by atoms with Gasteiger partial charge in [-0.25, -0.2) is 12.7 Å². The number of hydrogen-bond donors (Lipinski definition) is 0. The molecule has 0 bridgehead atoms. The summed E-state index contributed by atoms with van der Waals surface area (Å²) >= 11 is 0. The Morgan fingerprint density at radius 3 is 3.00 bits per heavy atom. The molecule has 0 amide bonds. The van der Waals surface area contributed by atoms with Crippen LogP contribution in [-0.2, 0) is 16.4 Å². The van der Waals surface area contributed by atoms with Crippen molar-refractivity contribution in [2.24, 2.45) is 5.92 Å². The Kier molecular flexibility index (Phi) is 4.35. The lowest BCUT2D eigenvalue weighted by Gasteiger charge is -2.31. The van der Waals surface area contributed by atoms with Crippen LogP contribution in [0.3, 0.4) is 0 Å². The Morgan fingerprint density at radius 1 is 1.50 bits per heavy atom. The smallest absolute Gasteiger partial charge is 0.213 e. The van der Waals surface area contributed by atoms with Crippen LogP contribution in [0.2, 0.25) is 0 Å². The second-order valence-electron chi connectivity index (χ2n) is 4.83. The standard InChI is InChI=1S/C13H20N2O2S/c1-2-18(16,17)15-8-4-6-13(11-15)9-12-5-3-7-14-10-12/h3,5,7,10,13H,2,4,6,8-9,11H2,1H3/t13-/m0/s1. The average Bonchev–Trinajstić information content (AvgIpc) is 2.40. The SMILES string of the molecule is CCS(=O)(=O)N1CCC[C@@H](Cc2cccnc2)C1. The van der Waals surface area contributed by atoms with Crippen molar-refractivity contribution in [3.05, 3.63) is 30.1 Å². The monoisotopic (exact) mass is 268 g/mol. The highest BCUT2D eigenvalue weighted by Crippen LogP contribution is 2.22. The molecule has 4 nitrogen and oxygen atoms in total. The van der Waals surface area contributed by atoms with Crippen molar-refractivity contribution >= 4 is 10.0 Å². The van der Waals surface area contributed by atoms with Crippen LogP contribution in [0.5, 0.6) is 0 Å². The summed E-state index contributed by atoms with van der Waals surface area (Å²) in [4.78, 5) is 4.10. The lowest BCUT2D eigenvalue weighted by molar-refractivity contribution is 0.265. The van der Waals surface area contributed by atoms with E-state index in [1.807, 2.05) is 12.3 Å². The van der Waals surface area contributed by atoms with Gasteiger partial charge in [-0.2, -0.15) is 0 Å². The van der Waals surface area contributed by atoms with Gasteiger partial charge in [-0.05, 0) is 43.7 Å². The minimum Gasteiger partial charge on any atom is -0.264 e. The van der Waals surface area contributed by atoms with Gasteiger partial charge in [-0.1, -0.05) is 6.07 Å². The van der Waals surface area contributed by atoms with Crippen LogP contribution < -0.4 is 0 Å². The maximum Gasteiger partial charge on any atom is 0.213 e. The second kappa shape index (κ2) is 5.80. The molecular weight excluding hydrogens is 248 g/mol. The number of nitrogens with zero attached hydrogens (tertiary/aromatic N) is 2. The summed E-state index contributed by atoms with van der Waals surface area (Å²) in [7, 11) is -3.03. The molecule has 1 saturated heterocycles. The highest BCUT2D eigenvalue weighted by molar-refractivity contribution is 7.89. The third kappa shape index (κ3) is 3.29. The molecular formula is C13H20N2O2S. The van der Waals surface area contributed by atoms with Crippen LogP contribution in [0.4, 0.5) is 0 Å². The van der Waals surface area contributed by atoms with E-state index in [9.17, 15) is 8.42 Å². The van der Waals surface area contributed by atoms with Gasteiger partial charge in [-0.3, -0.25) is 4.98 Å². The van der Waals surface area contributed by atoms with Crippen molar-refractivity contribution in [3.8, 4) is 0 Å². The predicted octanol–water partition coefficient (Wildman–Crippen LogP) is 1.69.